The van der Waals surface area contributed by atoms with Crippen LogP contribution in [0.4, 0.5) is 0 Å². The van der Waals surface area contributed by atoms with Crippen LogP contribution in [-0.4, -0.2) is 23.5 Å². The summed E-state index contributed by atoms with van der Waals surface area (Å²) < 4.78 is 0. The van der Waals surface area contributed by atoms with Crippen molar-refractivity contribution in [1.82, 2.24) is 10.6 Å². The van der Waals surface area contributed by atoms with Gasteiger partial charge in [0, 0.05) is 0 Å². The van der Waals surface area contributed by atoms with Gasteiger partial charge in [-0.1, -0.05) is 12.1 Å². The van der Waals surface area contributed by atoms with Crippen LogP contribution in [0.15, 0.2) is 30.0 Å². The minimum absolute atomic E-state index is 0.00571. The highest BCUT2D eigenvalue weighted by atomic mass is 16.3. The van der Waals surface area contributed by atoms with Gasteiger partial charge in [-0.15, -0.1) is 0 Å². The molecule has 1 fully saturated rings. The second-order valence-corrected chi connectivity index (χ2v) is 3.38. The van der Waals surface area contributed by atoms with Crippen LogP contribution in [0.1, 0.15) is 5.56 Å². The van der Waals surface area contributed by atoms with E-state index in [1.165, 1.54) is 12.1 Å². The molecular weight excluding hydrogens is 208 g/mol. The first kappa shape index (κ1) is 10.2. The summed E-state index contributed by atoms with van der Waals surface area (Å²) in [6.07, 6.45) is 1.55. The summed E-state index contributed by atoms with van der Waals surface area (Å²) in [5.74, 6) is -0.406. The van der Waals surface area contributed by atoms with Crippen LogP contribution >= 0.6 is 0 Å². The minimum atomic E-state index is -0.312. The minimum Gasteiger partial charge on any atom is -0.508 e. The SMILES string of the molecule is O=C1CNC(=O)/C(=C/c2ccc(O)cc2)N1. The Kier molecular flexibility index (Phi) is 2.59. The van der Waals surface area contributed by atoms with Crippen molar-refractivity contribution in [2.45, 2.75) is 0 Å². The van der Waals surface area contributed by atoms with Gasteiger partial charge in [-0.3, -0.25) is 9.59 Å². The quantitative estimate of drug-likeness (QED) is 0.579. The smallest absolute Gasteiger partial charge is 0.268 e. The third-order valence-electron chi connectivity index (χ3n) is 2.13. The van der Waals surface area contributed by atoms with Crippen molar-refractivity contribution in [3.63, 3.8) is 0 Å². The normalized spacial score (nSPS) is 18.1. The molecule has 16 heavy (non-hydrogen) atoms. The van der Waals surface area contributed by atoms with Crippen LogP contribution in [0.3, 0.4) is 0 Å². The first-order chi connectivity index (χ1) is 7.65. The van der Waals surface area contributed by atoms with Gasteiger partial charge < -0.3 is 15.7 Å². The Morgan fingerprint density at radius 1 is 1.19 bits per heavy atom. The number of nitrogens with one attached hydrogen (secondary N) is 2. The van der Waals surface area contributed by atoms with Crippen LogP contribution < -0.4 is 10.6 Å². The van der Waals surface area contributed by atoms with Crippen molar-refractivity contribution in [3.05, 3.63) is 35.5 Å². The number of carbonyl (C=O) groups excluding carboxylic acids is 2. The predicted molar refractivity (Wildman–Crippen MR) is 57.2 cm³/mol. The van der Waals surface area contributed by atoms with Gasteiger partial charge in [0.1, 0.15) is 11.4 Å². The fraction of sp³-hybridized carbons (Fsp3) is 0.0909. The van der Waals surface area contributed by atoms with E-state index in [0.717, 1.165) is 5.56 Å². The van der Waals surface area contributed by atoms with Crippen molar-refractivity contribution in [1.29, 1.82) is 0 Å². The monoisotopic (exact) mass is 218 g/mol. The van der Waals surface area contributed by atoms with E-state index in [9.17, 15) is 9.59 Å². The van der Waals surface area contributed by atoms with Crippen LogP contribution in [0.25, 0.3) is 6.08 Å². The van der Waals surface area contributed by atoms with Gasteiger partial charge in [0.2, 0.25) is 5.91 Å². The Morgan fingerprint density at radius 3 is 2.56 bits per heavy atom. The van der Waals surface area contributed by atoms with Crippen LogP contribution in [0.2, 0.25) is 0 Å². The van der Waals surface area contributed by atoms with E-state index < -0.39 is 0 Å². The molecule has 1 aromatic carbocycles. The van der Waals surface area contributed by atoms with E-state index >= 15 is 0 Å². The van der Waals surface area contributed by atoms with Crippen molar-refractivity contribution in [2.75, 3.05) is 6.54 Å². The second-order valence-electron chi connectivity index (χ2n) is 3.38. The largest absolute Gasteiger partial charge is 0.508 e. The molecule has 1 aliphatic heterocycles. The molecule has 2 rings (SSSR count). The Morgan fingerprint density at radius 2 is 1.88 bits per heavy atom. The second kappa shape index (κ2) is 4.06. The van der Waals surface area contributed by atoms with Crippen molar-refractivity contribution in [2.24, 2.45) is 0 Å². The summed E-state index contributed by atoms with van der Waals surface area (Å²) >= 11 is 0. The number of hydrogen-bond donors (Lipinski definition) is 3. The van der Waals surface area contributed by atoms with E-state index in [-0.39, 0.29) is 29.8 Å². The van der Waals surface area contributed by atoms with Gasteiger partial charge in [-0.05, 0) is 23.8 Å². The molecule has 0 aromatic heterocycles. The van der Waals surface area contributed by atoms with Gasteiger partial charge in [0.05, 0.1) is 6.54 Å². The maximum atomic E-state index is 11.4. The number of rotatable bonds is 1. The van der Waals surface area contributed by atoms with E-state index in [2.05, 4.69) is 10.6 Å². The van der Waals surface area contributed by atoms with Gasteiger partial charge >= 0.3 is 0 Å². The van der Waals surface area contributed by atoms with Gasteiger partial charge in [0.15, 0.2) is 0 Å². The standard InChI is InChI=1S/C11H10N2O3/c14-8-3-1-7(2-4-8)5-9-11(16)12-6-10(15)13-9/h1-5,14H,6H2,(H,12,16)(H,13,15)/b9-5-. The van der Waals surface area contributed by atoms with Crippen LogP contribution in [-0.2, 0) is 9.59 Å². The summed E-state index contributed by atoms with van der Waals surface area (Å²) in [4.78, 5) is 22.4. The number of benzene rings is 1. The highest BCUT2D eigenvalue weighted by Crippen LogP contribution is 2.12. The van der Waals surface area contributed by atoms with Crippen molar-refractivity contribution >= 4 is 17.9 Å². The Hall–Kier alpha value is -2.30. The lowest BCUT2D eigenvalue weighted by atomic mass is 10.1. The van der Waals surface area contributed by atoms with Gasteiger partial charge in [0.25, 0.3) is 5.91 Å². The average Bonchev–Trinajstić information content (AvgIpc) is 2.27. The molecular formula is C11H10N2O3. The molecule has 0 spiro atoms. The number of aromatic hydroxyl groups is 1. The van der Waals surface area contributed by atoms with E-state index in [1.54, 1.807) is 18.2 Å². The number of carbonyl (C=O) groups is 2. The third-order valence-corrected chi connectivity index (χ3v) is 2.13. The van der Waals surface area contributed by atoms with E-state index in [1.807, 2.05) is 0 Å². The molecule has 0 aliphatic carbocycles. The van der Waals surface area contributed by atoms with E-state index in [4.69, 9.17) is 5.11 Å². The molecule has 1 saturated heterocycles. The molecule has 2 amide bonds. The predicted octanol–water partition coefficient (Wildman–Crippen LogP) is -0.0209. The molecule has 0 radical (unpaired) electrons. The molecule has 0 atom stereocenters. The number of hydrogen-bond acceptors (Lipinski definition) is 3. The first-order valence-corrected chi connectivity index (χ1v) is 4.74. The fourth-order valence-electron chi connectivity index (χ4n) is 1.35. The van der Waals surface area contributed by atoms with Crippen molar-refractivity contribution < 1.29 is 14.7 Å². The van der Waals surface area contributed by atoms with Crippen molar-refractivity contribution in [3.8, 4) is 5.75 Å². The summed E-state index contributed by atoms with van der Waals surface area (Å²) in [5.41, 5.74) is 0.937. The van der Waals surface area contributed by atoms with Crippen LogP contribution in [0, 0.1) is 0 Å². The molecule has 1 aliphatic rings. The molecule has 0 bridgehead atoms. The Labute approximate surface area is 91.8 Å². The summed E-state index contributed by atoms with van der Waals surface area (Å²) in [6.45, 7) is 0.00571. The highest BCUT2D eigenvalue weighted by molar-refractivity contribution is 6.05. The zero-order valence-corrected chi connectivity index (χ0v) is 8.36. The lowest BCUT2D eigenvalue weighted by Crippen LogP contribution is -2.46. The zero-order chi connectivity index (χ0) is 11.5. The molecule has 3 N–H and O–H groups in total. The summed E-state index contributed by atoms with van der Waals surface area (Å²) in [5, 5.41) is 14.0. The first-order valence-electron chi connectivity index (χ1n) is 4.74. The molecule has 0 unspecified atom stereocenters. The number of piperazine rings is 1. The summed E-state index contributed by atoms with van der Waals surface area (Å²) in [6, 6.07) is 6.32. The molecule has 82 valence electrons. The lowest BCUT2D eigenvalue weighted by Gasteiger charge is -2.15. The molecule has 1 heterocycles. The van der Waals surface area contributed by atoms with E-state index in [0.29, 0.717) is 0 Å². The lowest BCUT2D eigenvalue weighted by molar-refractivity contribution is -0.127. The number of phenols is 1. The zero-order valence-electron chi connectivity index (χ0n) is 8.36. The summed E-state index contributed by atoms with van der Waals surface area (Å²) in [7, 11) is 0. The molecule has 5 heteroatoms. The van der Waals surface area contributed by atoms with Gasteiger partial charge in [-0.2, -0.15) is 0 Å². The topological polar surface area (TPSA) is 78.4 Å². The highest BCUT2D eigenvalue weighted by Gasteiger charge is 2.18. The third kappa shape index (κ3) is 2.20. The Bertz CT molecular complexity index is 463. The van der Waals surface area contributed by atoms with Crippen LogP contribution in [0.5, 0.6) is 5.75 Å². The molecule has 0 saturated carbocycles. The number of amides is 2. The fourth-order valence-corrected chi connectivity index (χ4v) is 1.35. The Balaban J connectivity index is 2.25. The van der Waals surface area contributed by atoms with Gasteiger partial charge in [-0.25, -0.2) is 0 Å². The average molecular weight is 218 g/mol. The maximum Gasteiger partial charge on any atom is 0.268 e. The molecule has 1 aromatic rings. The number of phenolic OH excluding ortho intramolecular Hbond substituents is 1. The molecule has 5 nitrogen and oxygen atoms in total. The maximum absolute atomic E-state index is 11.4.